The fourth-order valence-electron chi connectivity index (χ4n) is 2.75. The molecule has 1 N–H and O–H groups in total. The van der Waals surface area contributed by atoms with E-state index in [0.717, 1.165) is 5.56 Å². The molecule has 0 aliphatic carbocycles. The third kappa shape index (κ3) is 4.05. The number of hydrogen-bond acceptors (Lipinski definition) is 3. The lowest BCUT2D eigenvalue weighted by molar-refractivity contribution is 0.445. The summed E-state index contributed by atoms with van der Waals surface area (Å²) in [5.41, 5.74) is 1.91. The van der Waals surface area contributed by atoms with E-state index in [1.807, 2.05) is 0 Å². The highest BCUT2D eigenvalue weighted by Gasteiger charge is 2.22. The highest BCUT2D eigenvalue weighted by atomic mass is 35.5. The number of halogens is 2. The van der Waals surface area contributed by atoms with Gasteiger partial charge in [0.2, 0.25) is 10.0 Å². The zero-order valence-corrected chi connectivity index (χ0v) is 16.5. The molecule has 8 heteroatoms. The second-order valence-electron chi connectivity index (χ2n) is 5.90. The molecule has 0 saturated heterocycles. The fourth-order valence-corrected chi connectivity index (χ4v) is 4.45. The van der Waals surface area contributed by atoms with E-state index in [1.54, 1.807) is 44.2 Å². The van der Waals surface area contributed by atoms with Crippen molar-refractivity contribution in [1.29, 1.82) is 0 Å². The van der Waals surface area contributed by atoms with Gasteiger partial charge in [-0.1, -0.05) is 37.6 Å². The van der Waals surface area contributed by atoms with Crippen LogP contribution in [-0.4, -0.2) is 35.8 Å². The molecule has 0 saturated carbocycles. The average molecular weight is 408 g/mol. The molecule has 3 aromatic rings. The Balaban J connectivity index is 1.97. The van der Waals surface area contributed by atoms with E-state index in [-0.39, 0.29) is 10.7 Å². The number of nitrogens with zero attached hydrogens (tertiary/aromatic N) is 2. The third-order valence-corrected chi connectivity index (χ3v) is 6.52. The van der Waals surface area contributed by atoms with Crippen LogP contribution in [0.1, 0.15) is 25.2 Å². The maximum absolute atomic E-state index is 13.0. The van der Waals surface area contributed by atoms with Crippen LogP contribution in [0.4, 0.5) is 4.39 Å². The highest BCUT2D eigenvalue weighted by Crippen LogP contribution is 2.25. The number of aromatic nitrogens is 2. The third-order valence-electron chi connectivity index (χ3n) is 4.19. The van der Waals surface area contributed by atoms with Crippen LogP contribution in [0.25, 0.3) is 22.1 Å². The number of benzene rings is 2. The molecular weight excluding hydrogens is 389 g/mol. The van der Waals surface area contributed by atoms with Gasteiger partial charge in [0.15, 0.2) is 0 Å². The number of rotatable bonds is 6. The molecule has 0 radical (unpaired) electrons. The maximum atomic E-state index is 13.0. The van der Waals surface area contributed by atoms with Gasteiger partial charge < -0.3 is 4.98 Å². The summed E-state index contributed by atoms with van der Waals surface area (Å²) in [6, 6.07) is 10.6. The molecule has 0 bridgehead atoms. The van der Waals surface area contributed by atoms with E-state index < -0.39 is 10.0 Å². The molecule has 0 aliphatic heterocycles. The topological polar surface area (TPSA) is 66.1 Å². The van der Waals surface area contributed by atoms with Gasteiger partial charge in [-0.3, -0.25) is 0 Å². The predicted molar refractivity (Wildman–Crippen MR) is 106 cm³/mol. The van der Waals surface area contributed by atoms with Crippen molar-refractivity contribution >= 4 is 43.8 Å². The number of H-pyrrole nitrogens is 1. The van der Waals surface area contributed by atoms with Crippen molar-refractivity contribution in [2.75, 3.05) is 13.1 Å². The zero-order valence-electron chi connectivity index (χ0n) is 14.9. The SMILES string of the molecule is CCN(CC)S(=O)(=O)c1ccc2nc(C(Cl)=Cc3ccc(F)cc3)[nH]c2c1. The summed E-state index contributed by atoms with van der Waals surface area (Å²) in [7, 11) is -3.55. The lowest BCUT2D eigenvalue weighted by Crippen LogP contribution is -2.30. The van der Waals surface area contributed by atoms with Gasteiger partial charge in [-0.2, -0.15) is 4.31 Å². The minimum atomic E-state index is -3.55. The Kier molecular flexibility index (Phi) is 5.64. The first-order chi connectivity index (χ1) is 12.8. The average Bonchev–Trinajstić information content (AvgIpc) is 3.08. The summed E-state index contributed by atoms with van der Waals surface area (Å²) in [6.07, 6.45) is 1.66. The molecule has 0 fully saturated rings. The van der Waals surface area contributed by atoms with Crippen molar-refractivity contribution in [3.63, 3.8) is 0 Å². The van der Waals surface area contributed by atoms with Gasteiger partial charge in [0, 0.05) is 13.1 Å². The maximum Gasteiger partial charge on any atom is 0.243 e. The zero-order chi connectivity index (χ0) is 19.6. The lowest BCUT2D eigenvalue weighted by atomic mass is 10.2. The van der Waals surface area contributed by atoms with Crippen LogP contribution >= 0.6 is 11.6 Å². The molecule has 0 unspecified atom stereocenters. The second-order valence-corrected chi connectivity index (χ2v) is 8.24. The Morgan fingerprint density at radius 2 is 1.85 bits per heavy atom. The van der Waals surface area contributed by atoms with E-state index in [9.17, 15) is 12.8 Å². The Labute approximate surface area is 162 Å². The molecule has 2 aromatic carbocycles. The van der Waals surface area contributed by atoms with Crippen LogP contribution < -0.4 is 0 Å². The van der Waals surface area contributed by atoms with Gasteiger partial charge in [-0.15, -0.1) is 0 Å². The summed E-state index contributed by atoms with van der Waals surface area (Å²) in [6.45, 7) is 4.40. The van der Waals surface area contributed by atoms with Crippen molar-refractivity contribution in [2.45, 2.75) is 18.7 Å². The monoisotopic (exact) mass is 407 g/mol. The van der Waals surface area contributed by atoms with Crippen LogP contribution in [0.15, 0.2) is 47.4 Å². The quantitative estimate of drug-likeness (QED) is 0.655. The lowest BCUT2D eigenvalue weighted by Gasteiger charge is -2.18. The molecule has 0 atom stereocenters. The Morgan fingerprint density at radius 3 is 2.48 bits per heavy atom. The molecule has 0 aliphatic rings. The fraction of sp³-hybridized carbons (Fsp3) is 0.211. The predicted octanol–water partition coefficient (Wildman–Crippen LogP) is 4.47. The molecule has 5 nitrogen and oxygen atoms in total. The minimum Gasteiger partial charge on any atom is -0.337 e. The van der Waals surface area contributed by atoms with Crippen molar-refractivity contribution < 1.29 is 12.8 Å². The Bertz CT molecular complexity index is 1090. The molecule has 3 rings (SSSR count). The van der Waals surface area contributed by atoms with Crippen molar-refractivity contribution in [3.8, 4) is 0 Å². The van der Waals surface area contributed by atoms with Gasteiger partial charge >= 0.3 is 0 Å². The smallest absolute Gasteiger partial charge is 0.243 e. The molecule has 1 aromatic heterocycles. The number of sulfonamides is 1. The number of fused-ring (bicyclic) bond motifs is 1. The Hall–Kier alpha value is -2.22. The van der Waals surface area contributed by atoms with Crippen LogP contribution in [0.3, 0.4) is 0 Å². The van der Waals surface area contributed by atoms with Crippen LogP contribution in [-0.2, 0) is 10.0 Å². The summed E-state index contributed by atoms with van der Waals surface area (Å²) in [5, 5.41) is 0.339. The second kappa shape index (κ2) is 7.80. The summed E-state index contributed by atoms with van der Waals surface area (Å²) in [5.74, 6) is 0.0855. The number of hydrogen-bond donors (Lipinski definition) is 1. The molecular formula is C19H19ClFN3O2S. The number of imidazole rings is 1. The van der Waals surface area contributed by atoms with Crippen molar-refractivity contribution in [2.24, 2.45) is 0 Å². The molecule has 0 spiro atoms. The number of nitrogens with one attached hydrogen (secondary N) is 1. The summed E-state index contributed by atoms with van der Waals surface area (Å²) in [4.78, 5) is 7.64. The van der Waals surface area contributed by atoms with Crippen LogP contribution in [0.2, 0.25) is 0 Å². The first kappa shape index (κ1) is 19.5. The standard InChI is InChI=1S/C19H19ClFN3O2S/c1-3-24(4-2)27(25,26)15-9-10-17-18(12-15)23-19(22-17)16(20)11-13-5-7-14(21)8-6-13/h5-12H,3-4H2,1-2H3,(H,22,23). The van der Waals surface area contributed by atoms with E-state index in [0.29, 0.717) is 35.0 Å². The largest absolute Gasteiger partial charge is 0.337 e. The summed E-state index contributed by atoms with van der Waals surface area (Å²) >= 11 is 6.32. The van der Waals surface area contributed by atoms with Gasteiger partial charge in [0.05, 0.1) is 21.0 Å². The molecule has 142 valence electrons. The minimum absolute atomic E-state index is 0.201. The Morgan fingerprint density at radius 1 is 1.19 bits per heavy atom. The van der Waals surface area contributed by atoms with Crippen LogP contribution in [0.5, 0.6) is 0 Å². The molecule has 0 amide bonds. The number of aromatic amines is 1. The highest BCUT2D eigenvalue weighted by molar-refractivity contribution is 7.89. The first-order valence-electron chi connectivity index (χ1n) is 8.48. The first-order valence-corrected chi connectivity index (χ1v) is 10.3. The molecule has 1 heterocycles. The van der Waals surface area contributed by atoms with Crippen molar-refractivity contribution in [3.05, 3.63) is 59.7 Å². The summed E-state index contributed by atoms with van der Waals surface area (Å²) < 4.78 is 39.7. The van der Waals surface area contributed by atoms with Crippen molar-refractivity contribution in [1.82, 2.24) is 14.3 Å². The van der Waals surface area contributed by atoms with Gasteiger partial charge in [0.25, 0.3) is 0 Å². The van der Waals surface area contributed by atoms with Gasteiger partial charge in [0.1, 0.15) is 11.6 Å². The normalized spacial score (nSPS) is 12.9. The molecule has 27 heavy (non-hydrogen) atoms. The van der Waals surface area contributed by atoms with Gasteiger partial charge in [-0.25, -0.2) is 17.8 Å². The van der Waals surface area contributed by atoms with E-state index in [2.05, 4.69) is 9.97 Å². The van der Waals surface area contributed by atoms with E-state index >= 15 is 0 Å². The van der Waals surface area contributed by atoms with Crippen LogP contribution in [0, 0.1) is 5.82 Å². The van der Waals surface area contributed by atoms with Gasteiger partial charge in [-0.05, 0) is 42.0 Å². The van der Waals surface area contributed by atoms with E-state index in [1.165, 1.54) is 22.5 Å². The van der Waals surface area contributed by atoms with E-state index in [4.69, 9.17) is 11.6 Å².